The summed E-state index contributed by atoms with van der Waals surface area (Å²) in [5.41, 5.74) is 2.36. The molecule has 0 saturated heterocycles. The van der Waals surface area contributed by atoms with Crippen molar-refractivity contribution in [1.29, 1.82) is 0 Å². The van der Waals surface area contributed by atoms with Crippen molar-refractivity contribution in [2.45, 2.75) is 23.5 Å². The number of thioether (sulfide) groups is 1. The number of fused-ring (bicyclic) bond motifs is 1. The van der Waals surface area contributed by atoms with Crippen LogP contribution in [0.4, 0.5) is 10.8 Å². The van der Waals surface area contributed by atoms with Gasteiger partial charge in [-0.2, -0.15) is 0 Å². The summed E-state index contributed by atoms with van der Waals surface area (Å²) in [7, 11) is 3.15. The van der Waals surface area contributed by atoms with Gasteiger partial charge in [0.25, 0.3) is 11.8 Å². The summed E-state index contributed by atoms with van der Waals surface area (Å²) < 4.78 is 11.6. The molecule has 4 aromatic carbocycles. The number of thiazole rings is 1. The van der Waals surface area contributed by atoms with Gasteiger partial charge in [-0.3, -0.25) is 14.4 Å². The summed E-state index contributed by atoms with van der Waals surface area (Å²) in [4.78, 5) is 45.1. The van der Waals surface area contributed by atoms with E-state index in [-0.39, 0.29) is 11.6 Å². The van der Waals surface area contributed by atoms with Crippen molar-refractivity contribution in [2.24, 2.45) is 0 Å². The molecule has 234 valence electrons. The minimum atomic E-state index is -0.519. The minimum absolute atomic E-state index is 0.0377. The molecule has 1 unspecified atom stereocenters. The van der Waals surface area contributed by atoms with Crippen LogP contribution in [0, 0.1) is 0 Å². The first kappa shape index (κ1) is 32.3. The van der Waals surface area contributed by atoms with Gasteiger partial charge in [0.05, 0.1) is 29.7 Å². The average molecular weight is 653 g/mol. The van der Waals surface area contributed by atoms with Crippen molar-refractivity contribution in [3.8, 4) is 11.5 Å². The first-order valence-corrected chi connectivity index (χ1v) is 16.1. The van der Waals surface area contributed by atoms with E-state index in [2.05, 4.69) is 20.9 Å². The van der Waals surface area contributed by atoms with Gasteiger partial charge in [0.2, 0.25) is 5.91 Å². The molecule has 0 spiro atoms. The van der Waals surface area contributed by atoms with Crippen molar-refractivity contribution < 1.29 is 23.9 Å². The van der Waals surface area contributed by atoms with Gasteiger partial charge in [0, 0.05) is 21.7 Å². The van der Waals surface area contributed by atoms with E-state index in [0.717, 1.165) is 20.9 Å². The van der Waals surface area contributed by atoms with Gasteiger partial charge in [-0.05, 0) is 67.1 Å². The van der Waals surface area contributed by atoms with Crippen molar-refractivity contribution in [3.05, 3.63) is 114 Å². The van der Waals surface area contributed by atoms with Gasteiger partial charge >= 0.3 is 0 Å². The van der Waals surface area contributed by atoms with Gasteiger partial charge in [0.1, 0.15) is 17.2 Å². The molecule has 0 saturated carbocycles. The molecule has 3 amide bonds. The standard InChI is InChI=1S/C35H32N4O5S2/c1-4-30(34(42)39-35-38-27-18-17-25(43-2)21-31(27)46-35)45-26-15-10-14-24(20-26)36-33(41)28(19-23-13-8-9-16-29(23)44-3)37-32(40)22-11-6-5-7-12-22/h5-21,30H,4H2,1-3H3,(H,36,41)(H,37,40)(H,38,39,42)/b28-19+. The molecule has 1 atom stereocenters. The van der Waals surface area contributed by atoms with Crippen molar-refractivity contribution in [2.75, 3.05) is 24.9 Å². The Hall–Kier alpha value is -5.13. The fourth-order valence-electron chi connectivity index (χ4n) is 4.49. The number of para-hydroxylation sites is 1. The highest BCUT2D eigenvalue weighted by Crippen LogP contribution is 2.32. The molecule has 0 aliphatic carbocycles. The summed E-state index contributed by atoms with van der Waals surface area (Å²) in [6, 6.07) is 28.7. The summed E-state index contributed by atoms with van der Waals surface area (Å²) in [5, 5.41) is 8.69. The van der Waals surface area contributed by atoms with Crippen molar-refractivity contribution >= 4 is 67.9 Å². The first-order chi connectivity index (χ1) is 22.4. The lowest BCUT2D eigenvalue weighted by atomic mass is 10.1. The SMILES string of the molecule is CCC(Sc1cccc(NC(=O)/C(=C\c2ccccc2OC)NC(=O)c2ccccc2)c1)C(=O)Nc1nc2ccc(OC)cc2s1. The fraction of sp³-hybridized carbons (Fsp3) is 0.143. The lowest BCUT2D eigenvalue weighted by Gasteiger charge is -2.15. The number of anilines is 2. The minimum Gasteiger partial charge on any atom is -0.497 e. The zero-order valence-corrected chi connectivity index (χ0v) is 27.0. The topological polar surface area (TPSA) is 119 Å². The summed E-state index contributed by atoms with van der Waals surface area (Å²) in [6.07, 6.45) is 2.15. The van der Waals surface area contributed by atoms with Crippen LogP contribution >= 0.6 is 23.1 Å². The van der Waals surface area contributed by atoms with E-state index in [1.807, 2.05) is 49.4 Å². The van der Waals surface area contributed by atoms with E-state index in [0.29, 0.717) is 34.1 Å². The van der Waals surface area contributed by atoms with Crippen LogP contribution in [0.15, 0.2) is 108 Å². The second-order valence-electron chi connectivity index (χ2n) is 9.96. The maximum absolute atomic E-state index is 13.6. The molecular weight excluding hydrogens is 621 g/mol. The molecular formula is C35H32N4O5S2. The normalized spacial score (nSPS) is 11.8. The molecule has 0 fully saturated rings. The number of aromatic nitrogens is 1. The molecule has 5 aromatic rings. The molecule has 1 aromatic heterocycles. The predicted octanol–water partition coefficient (Wildman–Crippen LogP) is 7.23. The number of methoxy groups -OCH3 is 2. The zero-order valence-electron chi connectivity index (χ0n) is 25.4. The van der Waals surface area contributed by atoms with Gasteiger partial charge in [0.15, 0.2) is 5.13 Å². The van der Waals surface area contributed by atoms with Gasteiger partial charge in [-0.1, -0.05) is 60.7 Å². The number of rotatable bonds is 12. The van der Waals surface area contributed by atoms with E-state index in [1.165, 1.54) is 23.1 Å². The van der Waals surface area contributed by atoms with Crippen LogP contribution < -0.4 is 25.4 Å². The molecule has 11 heteroatoms. The molecule has 1 heterocycles. The molecule has 0 aliphatic rings. The fourth-order valence-corrected chi connectivity index (χ4v) is 6.40. The number of amides is 3. The zero-order chi connectivity index (χ0) is 32.5. The first-order valence-electron chi connectivity index (χ1n) is 14.4. The van der Waals surface area contributed by atoms with E-state index >= 15 is 0 Å². The van der Waals surface area contributed by atoms with Crippen LogP contribution in [-0.2, 0) is 9.59 Å². The van der Waals surface area contributed by atoms with Crippen LogP contribution in [0.1, 0.15) is 29.3 Å². The third-order valence-electron chi connectivity index (χ3n) is 6.83. The van der Waals surface area contributed by atoms with Crippen molar-refractivity contribution in [3.63, 3.8) is 0 Å². The molecule has 46 heavy (non-hydrogen) atoms. The lowest BCUT2D eigenvalue weighted by Crippen LogP contribution is -2.30. The van der Waals surface area contributed by atoms with E-state index in [4.69, 9.17) is 9.47 Å². The van der Waals surface area contributed by atoms with Gasteiger partial charge in [-0.15, -0.1) is 11.8 Å². The Morgan fingerprint density at radius 1 is 0.891 bits per heavy atom. The average Bonchev–Trinajstić information content (AvgIpc) is 3.48. The molecule has 0 bridgehead atoms. The number of ether oxygens (including phenoxy) is 2. The number of carbonyl (C=O) groups excluding carboxylic acids is 3. The predicted molar refractivity (Wildman–Crippen MR) is 185 cm³/mol. The quantitative estimate of drug-likeness (QED) is 0.0961. The molecule has 9 nitrogen and oxygen atoms in total. The number of benzene rings is 4. The smallest absolute Gasteiger partial charge is 0.272 e. The highest BCUT2D eigenvalue weighted by molar-refractivity contribution is 8.00. The Morgan fingerprint density at radius 2 is 1.67 bits per heavy atom. The monoisotopic (exact) mass is 652 g/mol. The van der Waals surface area contributed by atoms with Crippen molar-refractivity contribution in [1.82, 2.24) is 10.3 Å². The van der Waals surface area contributed by atoms with Gasteiger partial charge < -0.3 is 25.4 Å². The number of nitrogens with zero attached hydrogens (tertiary/aromatic N) is 1. The maximum Gasteiger partial charge on any atom is 0.272 e. The number of hydrogen-bond donors (Lipinski definition) is 3. The Balaban J connectivity index is 1.31. The van der Waals surface area contributed by atoms with Gasteiger partial charge in [-0.25, -0.2) is 4.98 Å². The second-order valence-corrected chi connectivity index (χ2v) is 12.3. The molecule has 5 rings (SSSR count). The molecule has 0 aliphatic heterocycles. The third kappa shape index (κ3) is 8.12. The Morgan fingerprint density at radius 3 is 2.43 bits per heavy atom. The van der Waals surface area contributed by atoms with Crippen LogP contribution in [0.25, 0.3) is 16.3 Å². The van der Waals surface area contributed by atoms with E-state index < -0.39 is 17.1 Å². The highest BCUT2D eigenvalue weighted by Gasteiger charge is 2.21. The third-order valence-corrected chi connectivity index (χ3v) is 9.12. The summed E-state index contributed by atoms with van der Waals surface area (Å²) >= 11 is 2.77. The second kappa shape index (κ2) is 15.2. The maximum atomic E-state index is 13.6. The van der Waals surface area contributed by atoms with Crippen LogP contribution in [-0.4, -0.2) is 42.2 Å². The van der Waals surface area contributed by atoms with Crippen LogP contribution in [0.5, 0.6) is 11.5 Å². The largest absolute Gasteiger partial charge is 0.497 e. The summed E-state index contributed by atoms with van der Waals surface area (Å²) in [5.74, 6) is 0.164. The van der Waals surface area contributed by atoms with E-state index in [1.54, 1.807) is 74.9 Å². The highest BCUT2D eigenvalue weighted by atomic mass is 32.2. The lowest BCUT2D eigenvalue weighted by molar-refractivity contribution is -0.116. The Kier molecular flexibility index (Phi) is 10.7. The molecule has 3 N–H and O–H groups in total. The number of nitrogens with one attached hydrogen (secondary N) is 3. The van der Waals surface area contributed by atoms with Crippen LogP contribution in [0.3, 0.4) is 0 Å². The Labute approximate surface area is 275 Å². The van der Waals surface area contributed by atoms with Crippen LogP contribution in [0.2, 0.25) is 0 Å². The summed E-state index contributed by atoms with van der Waals surface area (Å²) in [6.45, 7) is 1.94. The Bertz CT molecular complexity index is 1890. The number of hydrogen-bond acceptors (Lipinski definition) is 8. The van der Waals surface area contributed by atoms with E-state index in [9.17, 15) is 14.4 Å². The number of carbonyl (C=O) groups is 3. The molecule has 0 radical (unpaired) electrons.